The molecule has 0 spiro atoms. The lowest BCUT2D eigenvalue weighted by atomic mass is 10.1. The van der Waals surface area contributed by atoms with Crippen molar-refractivity contribution in [3.63, 3.8) is 0 Å². The Kier molecular flexibility index (Phi) is 5.59. The minimum atomic E-state index is 0.158. The molecule has 0 saturated carbocycles. The molecular weight excluding hydrogens is 274 g/mol. The lowest BCUT2D eigenvalue weighted by Gasteiger charge is -2.18. The smallest absolute Gasteiger partial charge is 0.222 e. The molecule has 0 aliphatic rings. The standard InChI is InChI=1S/C19H23NO2/c1-15-7-4-5-9-17(15)14-20(2)19(21)12-11-16-8-6-10-18(13-16)22-3/h4-10,13H,11-12,14H2,1-3H3. The largest absolute Gasteiger partial charge is 0.497 e. The van der Waals surface area contributed by atoms with Crippen LogP contribution >= 0.6 is 0 Å². The van der Waals surface area contributed by atoms with Crippen molar-refractivity contribution in [2.24, 2.45) is 0 Å². The van der Waals surface area contributed by atoms with E-state index in [-0.39, 0.29) is 5.91 Å². The number of carbonyl (C=O) groups is 1. The highest BCUT2D eigenvalue weighted by Gasteiger charge is 2.10. The third-order valence-electron chi connectivity index (χ3n) is 3.86. The Balaban J connectivity index is 1.90. The van der Waals surface area contributed by atoms with Gasteiger partial charge in [-0.1, -0.05) is 36.4 Å². The molecule has 116 valence electrons. The van der Waals surface area contributed by atoms with Crippen LogP contribution in [-0.4, -0.2) is 25.0 Å². The molecule has 0 aliphatic heterocycles. The summed E-state index contributed by atoms with van der Waals surface area (Å²) in [4.78, 5) is 14.1. The summed E-state index contributed by atoms with van der Waals surface area (Å²) in [5, 5.41) is 0. The van der Waals surface area contributed by atoms with E-state index in [9.17, 15) is 4.79 Å². The van der Waals surface area contributed by atoms with E-state index in [0.29, 0.717) is 13.0 Å². The van der Waals surface area contributed by atoms with Crippen molar-refractivity contribution in [1.82, 2.24) is 4.90 Å². The average molecular weight is 297 g/mol. The Morgan fingerprint density at radius 3 is 2.64 bits per heavy atom. The van der Waals surface area contributed by atoms with Gasteiger partial charge in [0.25, 0.3) is 0 Å². The molecule has 0 fully saturated rings. The van der Waals surface area contributed by atoms with Crippen LogP contribution in [0.25, 0.3) is 0 Å². The number of amides is 1. The molecule has 0 aliphatic carbocycles. The van der Waals surface area contributed by atoms with Gasteiger partial charge in [-0.05, 0) is 42.2 Å². The summed E-state index contributed by atoms with van der Waals surface area (Å²) in [6.45, 7) is 2.73. The highest BCUT2D eigenvalue weighted by atomic mass is 16.5. The van der Waals surface area contributed by atoms with E-state index in [1.54, 1.807) is 12.0 Å². The van der Waals surface area contributed by atoms with Gasteiger partial charge in [-0.2, -0.15) is 0 Å². The molecule has 0 atom stereocenters. The van der Waals surface area contributed by atoms with Crippen LogP contribution in [0.5, 0.6) is 5.75 Å². The fraction of sp³-hybridized carbons (Fsp3) is 0.316. The van der Waals surface area contributed by atoms with Gasteiger partial charge < -0.3 is 9.64 Å². The molecular formula is C19H23NO2. The van der Waals surface area contributed by atoms with Gasteiger partial charge in [-0.15, -0.1) is 0 Å². The van der Waals surface area contributed by atoms with Crippen molar-refractivity contribution in [3.05, 3.63) is 65.2 Å². The SMILES string of the molecule is COc1cccc(CCC(=O)N(C)Cc2ccccc2C)c1. The molecule has 3 nitrogen and oxygen atoms in total. The predicted octanol–water partition coefficient (Wildman–Crippen LogP) is 3.59. The van der Waals surface area contributed by atoms with E-state index >= 15 is 0 Å². The van der Waals surface area contributed by atoms with Gasteiger partial charge in [0.2, 0.25) is 5.91 Å². The summed E-state index contributed by atoms with van der Waals surface area (Å²) < 4.78 is 5.21. The number of rotatable bonds is 6. The minimum absolute atomic E-state index is 0.158. The first-order chi connectivity index (χ1) is 10.6. The molecule has 0 N–H and O–H groups in total. The maximum Gasteiger partial charge on any atom is 0.222 e. The average Bonchev–Trinajstić information content (AvgIpc) is 2.54. The molecule has 0 saturated heterocycles. The third kappa shape index (κ3) is 4.35. The molecule has 0 heterocycles. The summed E-state index contributed by atoms with van der Waals surface area (Å²) in [5.41, 5.74) is 3.53. The first-order valence-corrected chi connectivity index (χ1v) is 7.51. The summed E-state index contributed by atoms with van der Waals surface area (Å²) in [7, 11) is 3.51. The van der Waals surface area contributed by atoms with Crippen molar-refractivity contribution < 1.29 is 9.53 Å². The number of ether oxygens (including phenoxy) is 1. The Morgan fingerprint density at radius 1 is 1.14 bits per heavy atom. The van der Waals surface area contributed by atoms with E-state index in [2.05, 4.69) is 19.1 Å². The first-order valence-electron chi connectivity index (χ1n) is 7.51. The zero-order valence-electron chi connectivity index (χ0n) is 13.5. The van der Waals surface area contributed by atoms with E-state index < -0.39 is 0 Å². The summed E-state index contributed by atoms with van der Waals surface area (Å²) in [5.74, 6) is 0.990. The lowest BCUT2D eigenvalue weighted by molar-refractivity contribution is -0.130. The molecule has 2 aromatic carbocycles. The van der Waals surface area contributed by atoms with Gasteiger partial charge in [-0.3, -0.25) is 4.79 Å². The Hall–Kier alpha value is -2.29. The summed E-state index contributed by atoms with van der Waals surface area (Å²) in [6.07, 6.45) is 1.24. The van der Waals surface area contributed by atoms with Crippen molar-refractivity contribution in [3.8, 4) is 5.75 Å². The summed E-state index contributed by atoms with van der Waals surface area (Å²) >= 11 is 0. The van der Waals surface area contributed by atoms with Crippen molar-refractivity contribution in [1.29, 1.82) is 0 Å². The maximum absolute atomic E-state index is 12.3. The number of hydrogen-bond acceptors (Lipinski definition) is 2. The lowest BCUT2D eigenvalue weighted by Crippen LogP contribution is -2.26. The Morgan fingerprint density at radius 2 is 1.91 bits per heavy atom. The zero-order chi connectivity index (χ0) is 15.9. The number of methoxy groups -OCH3 is 1. The highest BCUT2D eigenvalue weighted by molar-refractivity contribution is 5.76. The Bertz CT molecular complexity index is 637. The van der Waals surface area contributed by atoms with E-state index in [1.807, 2.05) is 43.4 Å². The number of benzene rings is 2. The fourth-order valence-corrected chi connectivity index (χ4v) is 2.40. The van der Waals surface area contributed by atoms with Crippen LogP contribution in [0.1, 0.15) is 23.1 Å². The number of aryl methyl sites for hydroxylation is 2. The van der Waals surface area contributed by atoms with Crippen molar-refractivity contribution >= 4 is 5.91 Å². The monoisotopic (exact) mass is 297 g/mol. The Labute approximate surface area is 132 Å². The topological polar surface area (TPSA) is 29.5 Å². The molecule has 1 amide bonds. The number of nitrogens with zero attached hydrogens (tertiary/aromatic N) is 1. The van der Waals surface area contributed by atoms with Gasteiger partial charge in [0.05, 0.1) is 7.11 Å². The van der Waals surface area contributed by atoms with Gasteiger partial charge in [-0.25, -0.2) is 0 Å². The fourth-order valence-electron chi connectivity index (χ4n) is 2.40. The van der Waals surface area contributed by atoms with E-state index in [1.165, 1.54) is 11.1 Å². The van der Waals surface area contributed by atoms with Crippen LogP contribution in [-0.2, 0) is 17.8 Å². The molecule has 3 heteroatoms. The van der Waals surface area contributed by atoms with Gasteiger partial charge in [0.15, 0.2) is 0 Å². The zero-order valence-corrected chi connectivity index (χ0v) is 13.5. The second-order valence-electron chi connectivity index (χ2n) is 5.53. The molecule has 2 rings (SSSR count). The van der Waals surface area contributed by atoms with Crippen molar-refractivity contribution in [2.45, 2.75) is 26.3 Å². The highest BCUT2D eigenvalue weighted by Crippen LogP contribution is 2.15. The first kappa shape index (κ1) is 16.1. The molecule has 22 heavy (non-hydrogen) atoms. The quantitative estimate of drug-likeness (QED) is 0.815. The number of hydrogen-bond donors (Lipinski definition) is 0. The van der Waals surface area contributed by atoms with Gasteiger partial charge in [0.1, 0.15) is 5.75 Å². The molecule has 0 unspecified atom stereocenters. The molecule has 0 bridgehead atoms. The normalized spacial score (nSPS) is 10.3. The van der Waals surface area contributed by atoms with E-state index in [0.717, 1.165) is 17.7 Å². The third-order valence-corrected chi connectivity index (χ3v) is 3.86. The van der Waals surface area contributed by atoms with Crippen LogP contribution in [0, 0.1) is 6.92 Å². The van der Waals surface area contributed by atoms with Crippen LogP contribution in [0.15, 0.2) is 48.5 Å². The second-order valence-corrected chi connectivity index (χ2v) is 5.53. The van der Waals surface area contributed by atoms with Crippen LogP contribution in [0.2, 0.25) is 0 Å². The molecule has 0 radical (unpaired) electrons. The van der Waals surface area contributed by atoms with Crippen LogP contribution in [0.4, 0.5) is 0 Å². The number of carbonyl (C=O) groups excluding carboxylic acids is 1. The summed E-state index contributed by atoms with van der Waals surface area (Å²) in [6, 6.07) is 16.0. The maximum atomic E-state index is 12.3. The van der Waals surface area contributed by atoms with E-state index in [4.69, 9.17) is 4.74 Å². The molecule has 0 aromatic heterocycles. The van der Waals surface area contributed by atoms with Crippen molar-refractivity contribution in [2.75, 3.05) is 14.2 Å². The molecule has 2 aromatic rings. The minimum Gasteiger partial charge on any atom is -0.497 e. The van der Waals surface area contributed by atoms with Gasteiger partial charge >= 0.3 is 0 Å². The van der Waals surface area contributed by atoms with Gasteiger partial charge in [0, 0.05) is 20.0 Å². The second kappa shape index (κ2) is 7.64. The van der Waals surface area contributed by atoms with Crippen LogP contribution in [0.3, 0.4) is 0 Å². The van der Waals surface area contributed by atoms with Crippen LogP contribution < -0.4 is 4.74 Å². The predicted molar refractivity (Wildman–Crippen MR) is 89.0 cm³/mol.